The van der Waals surface area contributed by atoms with Gasteiger partial charge in [-0.15, -0.1) is 0 Å². The number of benzene rings is 1. The van der Waals surface area contributed by atoms with Crippen molar-refractivity contribution in [3.8, 4) is 0 Å². The van der Waals surface area contributed by atoms with Crippen LogP contribution in [0.25, 0.3) is 0 Å². The summed E-state index contributed by atoms with van der Waals surface area (Å²) in [6.07, 6.45) is 0.830. The first kappa shape index (κ1) is 16.2. The molecule has 20 heavy (non-hydrogen) atoms. The average Bonchev–Trinajstić information content (AvgIpc) is 2.44. The first-order valence-corrected chi connectivity index (χ1v) is 6.76. The van der Waals surface area contributed by atoms with Gasteiger partial charge in [0.25, 0.3) is 0 Å². The topological polar surface area (TPSA) is 81.4 Å². The molecular weight excluding hydrogens is 256 g/mol. The van der Waals surface area contributed by atoms with Gasteiger partial charge in [0.05, 0.1) is 6.61 Å². The van der Waals surface area contributed by atoms with Crippen LogP contribution in [0.1, 0.15) is 32.3 Å². The number of nitrogens with two attached hydrogens (primary N) is 1. The second kappa shape index (κ2) is 7.65. The van der Waals surface area contributed by atoms with Crippen LogP contribution < -0.4 is 11.1 Å². The van der Waals surface area contributed by atoms with Gasteiger partial charge in [-0.2, -0.15) is 0 Å². The van der Waals surface area contributed by atoms with Gasteiger partial charge in [0, 0.05) is 13.0 Å². The van der Waals surface area contributed by atoms with Gasteiger partial charge in [-0.3, -0.25) is 9.59 Å². The van der Waals surface area contributed by atoms with E-state index in [0.717, 1.165) is 5.56 Å². The maximum absolute atomic E-state index is 12.1. The fourth-order valence-corrected chi connectivity index (χ4v) is 1.77. The third-order valence-corrected chi connectivity index (χ3v) is 2.99. The summed E-state index contributed by atoms with van der Waals surface area (Å²) in [6.45, 7) is 4.21. The molecule has 0 heterocycles. The molecule has 0 spiro atoms. The van der Waals surface area contributed by atoms with Crippen molar-refractivity contribution in [3.63, 3.8) is 0 Å². The van der Waals surface area contributed by atoms with Gasteiger partial charge in [-0.1, -0.05) is 30.3 Å². The van der Waals surface area contributed by atoms with Gasteiger partial charge < -0.3 is 15.8 Å². The van der Waals surface area contributed by atoms with Crippen LogP contribution in [0.15, 0.2) is 30.3 Å². The Hall–Kier alpha value is -1.88. The second-order valence-electron chi connectivity index (χ2n) is 4.73. The van der Waals surface area contributed by atoms with Crippen molar-refractivity contribution < 1.29 is 14.3 Å². The number of hydrogen-bond acceptors (Lipinski definition) is 4. The highest BCUT2D eigenvalue weighted by Crippen LogP contribution is 2.17. The number of ether oxygens (including phenoxy) is 1. The Kier molecular flexibility index (Phi) is 6.18. The Morgan fingerprint density at radius 2 is 1.95 bits per heavy atom. The Morgan fingerprint density at radius 1 is 1.30 bits per heavy atom. The largest absolute Gasteiger partial charge is 0.466 e. The zero-order valence-corrected chi connectivity index (χ0v) is 12.0. The Balaban J connectivity index is 2.41. The lowest BCUT2D eigenvalue weighted by molar-refractivity contribution is -0.143. The molecule has 0 aliphatic heterocycles. The van der Waals surface area contributed by atoms with Gasteiger partial charge in [0.1, 0.15) is 5.54 Å². The Bertz CT molecular complexity index is 444. The van der Waals surface area contributed by atoms with Gasteiger partial charge in [0.15, 0.2) is 0 Å². The number of amides is 1. The molecule has 0 aromatic heterocycles. The van der Waals surface area contributed by atoms with E-state index >= 15 is 0 Å². The average molecular weight is 278 g/mol. The first-order chi connectivity index (χ1) is 9.48. The van der Waals surface area contributed by atoms with Crippen LogP contribution in [0.5, 0.6) is 0 Å². The molecule has 1 rings (SSSR count). The molecular formula is C15H22N2O3. The summed E-state index contributed by atoms with van der Waals surface area (Å²) in [7, 11) is 0. The number of carbonyl (C=O) groups excluding carboxylic acids is 2. The molecule has 5 nitrogen and oxygen atoms in total. The predicted molar refractivity (Wildman–Crippen MR) is 76.9 cm³/mol. The molecule has 0 aliphatic carbocycles. The van der Waals surface area contributed by atoms with Crippen molar-refractivity contribution in [2.75, 3.05) is 13.2 Å². The first-order valence-electron chi connectivity index (χ1n) is 6.76. The molecule has 0 aliphatic rings. The van der Waals surface area contributed by atoms with Gasteiger partial charge in [0.2, 0.25) is 5.91 Å². The number of hydrogen-bond donors (Lipinski definition) is 2. The molecule has 0 fully saturated rings. The van der Waals surface area contributed by atoms with Crippen molar-refractivity contribution in [2.45, 2.75) is 32.2 Å². The SMILES string of the molecule is CCOC(=O)CCCNC(=O)C(C)(N)c1ccccc1. The van der Waals surface area contributed by atoms with Crippen molar-refractivity contribution in [2.24, 2.45) is 5.73 Å². The summed E-state index contributed by atoms with van der Waals surface area (Å²) >= 11 is 0. The lowest BCUT2D eigenvalue weighted by Gasteiger charge is -2.24. The van der Waals surface area contributed by atoms with Crippen LogP contribution in [0.4, 0.5) is 0 Å². The Morgan fingerprint density at radius 3 is 2.55 bits per heavy atom. The van der Waals surface area contributed by atoms with E-state index in [1.807, 2.05) is 30.3 Å². The maximum Gasteiger partial charge on any atom is 0.305 e. The molecule has 1 aromatic carbocycles. The predicted octanol–water partition coefficient (Wildman–Crippen LogP) is 1.32. The maximum atomic E-state index is 12.1. The molecule has 1 amide bonds. The zero-order chi connectivity index (χ0) is 15.0. The molecule has 3 N–H and O–H groups in total. The summed E-state index contributed by atoms with van der Waals surface area (Å²) in [6, 6.07) is 9.19. The van der Waals surface area contributed by atoms with Crippen molar-refractivity contribution in [3.05, 3.63) is 35.9 Å². The van der Waals surface area contributed by atoms with Crippen molar-refractivity contribution >= 4 is 11.9 Å². The summed E-state index contributed by atoms with van der Waals surface area (Å²) in [5.74, 6) is -0.507. The highest BCUT2D eigenvalue weighted by Gasteiger charge is 2.29. The van der Waals surface area contributed by atoms with Crippen molar-refractivity contribution in [1.82, 2.24) is 5.32 Å². The third-order valence-electron chi connectivity index (χ3n) is 2.99. The van der Waals surface area contributed by atoms with E-state index in [1.165, 1.54) is 0 Å². The lowest BCUT2D eigenvalue weighted by Crippen LogP contribution is -2.49. The molecule has 0 bridgehead atoms. The van der Waals surface area contributed by atoms with E-state index in [9.17, 15) is 9.59 Å². The molecule has 0 saturated heterocycles. The molecule has 1 aromatic rings. The standard InChI is InChI=1S/C15H22N2O3/c1-3-20-13(18)10-7-11-17-14(19)15(2,16)12-8-5-4-6-9-12/h4-6,8-9H,3,7,10-11,16H2,1-2H3,(H,17,19). The van der Waals surface area contributed by atoms with Gasteiger partial charge >= 0.3 is 5.97 Å². The van der Waals surface area contributed by atoms with Crippen LogP contribution in [0.3, 0.4) is 0 Å². The van der Waals surface area contributed by atoms with Crippen LogP contribution in [-0.2, 0) is 19.9 Å². The normalized spacial score (nSPS) is 13.3. The van der Waals surface area contributed by atoms with Crippen molar-refractivity contribution in [1.29, 1.82) is 0 Å². The number of esters is 1. The monoisotopic (exact) mass is 278 g/mol. The minimum Gasteiger partial charge on any atom is -0.466 e. The van der Waals surface area contributed by atoms with E-state index in [0.29, 0.717) is 26.0 Å². The second-order valence-corrected chi connectivity index (χ2v) is 4.73. The Labute approximate surface area is 119 Å². The minimum absolute atomic E-state index is 0.250. The molecule has 0 radical (unpaired) electrons. The summed E-state index contributed by atoms with van der Waals surface area (Å²) in [5, 5.41) is 2.75. The smallest absolute Gasteiger partial charge is 0.305 e. The zero-order valence-electron chi connectivity index (χ0n) is 12.0. The highest BCUT2D eigenvalue weighted by molar-refractivity contribution is 5.87. The fourth-order valence-electron chi connectivity index (χ4n) is 1.77. The van der Waals surface area contributed by atoms with Crippen LogP contribution in [0, 0.1) is 0 Å². The molecule has 1 atom stereocenters. The van der Waals surface area contributed by atoms with E-state index in [2.05, 4.69) is 5.32 Å². The highest BCUT2D eigenvalue weighted by atomic mass is 16.5. The van der Waals surface area contributed by atoms with E-state index in [4.69, 9.17) is 10.5 Å². The van der Waals surface area contributed by atoms with E-state index in [-0.39, 0.29) is 11.9 Å². The van der Waals surface area contributed by atoms with Gasteiger partial charge in [-0.05, 0) is 25.8 Å². The number of nitrogens with one attached hydrogen (secondary N) is 1. The molecule has 110 valence electrons. The summed E-state index contributed by atoms with van der Waals surface area (Å²) in [5.41, 5.74) is 5.74. The lowest BCUT2D eigenvalue weighted by atomic mass is 9.92. The fraction of sp³-hybridized carbons (Fsp3) is 0.467. The summed E-state index contributed by atoms with van der Waals surface area (Å²) in [4.78, 5) is 23.2. The van der Waals surface area contributed by atoms with Crippen LogP contribution in [0.2, 0.25) is 0 Å². The van der Waals surface area contributed by atoms with E-state index < -0.39 is 5.54 Å². The molecule has 1 unspecified atom stereocenters. The molecule has 5 heteroatoms. The third kappa shape index (κ3) is 4.66. The van der Waals surface area contributed by atoms with E-state index in [1.54, 1.807) is 13.8 Å². The quantitative estimate of drug-likeness (QED) is 0.582. The van der Waals surface area contributed by atoms with Crippen LogP contribution in [-0.4, -0.2) is 25.0 Å². The minimum atomic E-state index is -1.08. The van der Waals surface area contributed by atoms with Crippen LogP contribution >= 0.6 is 0 Å². The van der Waals surface area contributed by atoms with Gasteiger partial charge in [-0.25, -0.2) is 0 Å². The number of rotatable bonds is 7. The summed E-state index contributed by atoms with van der Waals surface area (Å²) < 4.78 is 4.81. The number of carbonyl (C=O) groups is 2. The molecule has 0 saturated carbocycles.